The molecule has 1 aliphatic heterocycles. The van der Waals surface area contributed by atoms with Crippen molar-refractivity contribution in [3.8, 4) is 5.75 Å². The van der Waals surface area contributed by atoms with Gasteiger partial charge in [-0.05, 0) is 49.8 Å². The van der Waals surface area contributed by atoms with E-state index in [9.17, 15) is 9.90 Å². The fourth-order valence-electron chi connectivity index (χ4n) is 4.16. The van der Waals surface area contributed by atoms with Gasteiger partial charge in [-0.2, -0.15) is 0 Å². The Morgan fingerprint density at radius 2 is 2.04 bits per heavy atom. The number of aliphatic hydroxyl groups is 1. The molecule has 2 fully saturated rings. The van der Waals surface area contributed by atoms with E-state index in [1.807, 2.05) is 24.0 Å². The maximum absolute atomic E-state index is 13.3. The van der Waals surface area contributed by atoms with Crippen molar-refractivity contribution in [1.82, 2.24) is 4.90 Å². The summed E-state index contributed by atoms with van der Waals surface area (Å²) in [5.74, 6) is 1.04. The van der Waals surface area contributed by atoms with Crippen LogP contribution in [0.1, 0.15) is 49.7 Å². The van der Waals surface area contributed by atoms with Gasteiger partial charge in [0.1, 0.15) is 5.75 Å². The van der Waals surface area contributed by atoms with Crippen LogP contribution in [0.15, 0.2) is 18.2 Å². The van der Waals surface area contributed by atoms with Gasteiger partial charge in [0, 0.05) is 13.1 Å². The van der Waals surface area contributed by atoms with Crippen LogP contribution in [0.4, 0.5) is 0 Å². The number of aliphatic hydroxyl groups excluding tert-OH is 1. The Morgan fingerprint density at radius 1 is 1.30 bits per heavy atom. The number of benzene rings is 1. The van der Waals surface area contributed by atoms with Crippen molar-refractivity contribution in [2.45, 2.75) is 57.0 Å². The molecular formula is C19H27NO3. The summed E-state index contributed by atoms with van der Waals surface area (Å²) in [5.41, 5.74) is 1.73. The standard InChI is InChI=1S/C19H27NO3/c1-14-7-8-15(12-17(14)23-2)19(9-3-4-10-19)18(22)20-11-5-6-16(21)13-20/h7-8,12,16,21H,3-6,9-11,13H2,1-2H3. The molecule has 1 aromatic carbocycles. The Balaban J connectivity index is 1.94. The highest BCUT2D eigenvalue weighted by atomic mass is 16.5. The van der Waals surface area contributed by atoms with Gasteiger partial charge in [-0.1, -0.05) is 25.0 Å². The van der Waals surface area contributed by atoms with Gasteiger partial charge >= 0.3 is 0 Å². The number of carbonyl (C=O) groups excluding carboxylic acids is 1. The fraction of sp³-hybridized carbons (Fsp3) is 0.632. The second-order valence-corrected chi connectivity index (χ2v) is 7.02. The molecule has 1 saturated carbocycles. The molecular weight excluding hydrogens is 290 g/mol. The summed E-state index contributed by atoms with van der Waals surface area (Å²) >= 11 is 0. The molecule has 0 aromatic heterocycles. The van der Waals surface area contributed by atoms with Crippen molar-refractivity contribution in [2.75, 3.05) is 20.2 Å². The zero-order chi connectivity index (χ0) is 16.4. The van der Waals surface area contributed by atoms with E-state index in [1.165, 1.54) is 0 Å². The van der Waals surface area contributed by atoms with E-state index in [-0.39, 0.29) is 12.0 Å². The van der Waals surface area contributed by atoms with Crippen LogP contribution in [0.5, 0.6) is 5.75 Å². The highest BCUT2D eigenvalue weighted by molar-refractivity contribution is 5.89. The molecule has 1 heterocycles. The molecule has 0 spiro atoms. The Hall–Kier alpha value is -1.55. The average Bonchev–Trinajstić information content (AvgIpc) is 3.05. The quantitative estimate of drug-likeness (QED) is 0.932. The van der Waals surface area contributed by atoms with Crippen LogP contribution in [0.2, 0.25) is 0 Å². The minimum atomic E-state index is -0.432. The van der Waals surface area contributed by atoms with Crippen molar-refractivity contribution >= 4 is 5.91 Å². The third-order valence-electron chi connectivity index (χ3n) is 5.51. The number of amides is 1. The number of β-amino-alcohol motifs (C(OH)–C–C–N with tert-alkyl or cyclic N) is 1. The van der Waals surface area contributed by atoms with Crippen LogP contribution < -0.4 is 4.74 Å². The van der Waals surface area contributed by atoms with Crippen molar-refractivity contribution < 1.29 is 14.6 Å². The Labute approximate surface area is 138 Å². The number of nitrogens with zero attached hydrogens (tertiary/aromatic N) is 1. The van der Waals surface area contributed by atoms with E-state index in [0.29, 0.717) is 6.54 Å². The number of carbonyl (C=O) groups is 1. The van der Waals surface area contributed by atoms with Gasteiger partial charge in [-0.3, -0.25) is 4.79 Å². The number of likely N-dealkylation sites (tertiary alicyclic amines) is 1. The number of methoxy groups -OCH3 is 1. The number of ether oxygens (including phenoxy) is 1. The molecule has 126 valence electrons. The van der Waals surface area contributed by atoms with Crippen molar-refractivity contribution in [1.29, 1.82) is 0 Å². The molecule has 23 heavy (non-hydrogen) atoms. The molecule has 3 rings (SSSR count). The van der Waals surface area contributed by atoms with Gasteiger partial charge in [0.2, 0.25) is 5.91 Å². The monoisotopic (exact) mass is 317 g/mol. The number of hydrogen-bond donors (Lipinski definition) is 1. The number of piperidine rings is 1. The molecule has 1 N–H and O–H groups in total. The van der Waals surface area contributed by atoms with Gasteiger partial charge in [0.15, 0.2) is 0 Å². The van der Waals surface area contributed by atoms with Gasteiger partial charge in [0.05, 0.1) is 18.6 Å². The number of aryl methyl sites for hydroxylation is 1. The lowest BCUT2D eigenvalue weighted by Gasteiger charge is -2.38. The molecule has 1 atom stereocenters. The first-order valence-electron chi connectivity index (χ1n) is 8.69. The lowest BCUT2D eigenvalue weighted by Crippen LogP contribution is -2.50. The summed E-state index contributed by atoms with van der Waals surface area (Å²) in [6.45, 7) is 3.26. The summed E-state index contributed by atoms with van der Waals surface area (Å²) in [6, 6.07) is 6.17. The first kappa shape index (κ1) is 16.3. The number of hydrogen-bond acceptors (Lipinski definition) is 3. The lowest BCUT2D eigenvalue weighted by molar-refractivity contribution is -0.140. The van der Waals surface area contributed by atoms with E-state index in [4.69, 9.17) is 4.74 Å². The maximum atomic E-state index is 13.3. The predicted octanol–water partition coefficient (Wildman–Crippen LogP) is 2.80. The maximum Gasteiger partial charge on any atom is 0.233 e. The lowest BCUT2D eigenvalue weighted by atomic mass is 9.76. The zero-order valence-electron chi connectivity index (χ0n) is 14.2. The van der Waals surface area contributed by atoms with Crippen LogP contribution in [0, 0.1) is 6.92 Å². The topological polar surface area (TPSA) is 49.8 Å². The zero-order valence-corrected chi connectivity index (χ0v) is 14.2. The summed E-state index contributed by atoms with van der Waals surface area (Å²) in [7, 11) is 1.68. The van der Waals surface area contributed by atoms with Crippen LogP contribution in [-0.2, 0) is 10.2 Å². The van der Waals surface area contributed by atoms with Crippen molar-refractivity contribution in [3.63, 3.8) is 0 Å². The third-order valence-corrected chi connectivity index (χ3v) is 5.51. The van der Waals surface area contributed by atoms with Gasteiger partial charge < -0.3 is 14.7 Å². The van der Waals surface area contributed by atoms with E-state index in [1.54, 1.807) is 7.11 Å². The third kappa shape index (κ3) is 2.97. The van der Waals surface area contributed by atoms with Gasteiger partial charge in [-0.25, -0.2) is 0 Å². The van der Waals surface area contributed by atoms with E-state index >= 15 is 0 Å². The molecule has 4 nitrogen and oxygen atoms in total. The van der Waals surface area contributed by atoms with Gasteiger partial charge in [0.25, 0.3) is 0 Å². The van der Waals surface area contributed by atoms with Crippen molar-refractivity contribution in [2.24, 2.45) is 0 Å². The molecule has 0 radical (unpaired) electrons. The molecule has 1 amide bonds. The molecule has 0 bridgehead atoms. The first-order chi connectivity index (χ1) is 11.1. The van der Waals surface area contributed by atoms with E-state index < -0.39 is 5.41 Å². The molecule has 2 aliphatic rings. The van der Waals surface area contributed by atoms with E-state index in [2.05, 4.69) is 6.07 Å². The highest BCUT2D eigenvalue weighted by Crippen LogP contribution is 2.44. The fourth-order valence-corrected chi connectivity index (χ4v) is 4.16. The summed E-state index contributed by atoms with van der Waals surface area (Å²) in [6.07, 6.45) is 5.26. The van der Waals surface area contributed by atoms with Crippen molar-refractivity contribution in [3.05, 3.63) is 29.3 Å². The van der Waals surface area contributed by atoms with Gasteiger partial charge in [-0.15, -0.1) is 0 Å². The SMILES string of the molecule is COc1cc(C2(C(=O)N3CCCC(O)C3)CCCC2)ccc1C. The highest BCUT2D eigenvalue weighted by Gasteiger charge is 2.45. The predicted molar refractivity (Wildman–Crippen MR) is 89.7 cm³/mol. The van der Waals surface area contributed by atoms with E-state index in [0.717, 1.165) is 61.9 Å². The minimum Gasteiger partial charge on any atom is -0.496 e. The molecule has 1 saturated heterocycles. The second kappa shape index (κ2) is 6.52. The first-order valence-corrected chi connectivity index (χ1v) is 8.69. The molecule has 1 unspecified atom stereocenters. The smallest absolute Gasteiger partial charge is 0.233 e. The normalized spacial score (nSPS) is 23.8. The number of rotatable bonds is 3. The van der Waals surface area contributed by atoms with Crippen LogP contribution in [0.25, 0.3) is 0 Å². The Kier molecular flexibility index (Phi) is 4.62. The average molecular weight is 317 g/mol. The summed E-state index contributed by atoms with van der Waals surface area (Å²) < 4.78 is 5.47. The Bertz CT molecular complexity index is 578. The molecule has 1 aromatic rings. The molecule has 4 heteroatoms. The second-order valence-electron chi connectivity index (χ2n) is 7.02. The van der Waals surface area contributed by atoms with Crippen LogP contribution in [-0.4, -0.2) is 42.2 Å². The Morgan fingerprint density at radius 3 is 2.70 bits per heavy atom. The summed E-state index contributed by atoms with van der Waals surface area (Å²) in [4.78, 5) is 15.2. The minimum absolute atomic E-state index is 0.194. The largest absolute Gasteiger partial charge is 0.496 e. The molecule has 1 aliphatic carbocycles. The van der Waals surface area contributed by atoms with Crippen LogP contribution >= 0.6 is 0 Å². The summed E-state index contributed by atoms with van der Waals surface area (Å²) in [5, 5.41) is 9.93. The van der Waals surface area contributed by atoms with Crippen LogP contribution in [0.3, 0.4) is 0 Å².